The molecule has 0 saturated carbocycles. The van der Waals surface area contributed by atoms with Crippen LogP contribution in [0.25, 0.3) is 0 Å². The van der Waals surface area contributed by atoms with Gasteiger partial charge in [-0.2, -0.15) is 12.6 Å². The van der Waals surface area contributed by atoms with Crippen LogP contribution >= 0.6 is 24.0 Å². The van der Waals surface area contributed by atoms with Crippen LogP contribution in [-0.4, -0.2) is 18.1 Å². The molecule has 0 aliphatic carbocycles. The second-order valence-electron chi connectivity index (χ2n) is 3.67. The number of anilines is 1. The van der Waals surface area contributed by atoms with E-state index in [1.54, 1.807) is 11.3 Å². The summed E-state index contributed by atoms with van der Waals surface area (Å²) in [5.74, 6) is 0.811. The lowest BCUT2D eigenvalue weighted by Crippen LogP contribution is -2.23. The maximum Gasteiger partial charge on any atom is 0.185 e. The highest BCUT2D eigenvalue weighted by Gasteiger charge is 2.12. The Labute approximate surface area is 94.8 Å². The Balaban J connectivity index is 2.04. The smallest absolute Gasteiger partial charge is 0.185 e. The quantitative estimate of drug-likeness (QED) is 0.783. The number of nitrogens with zero attached hydrogens (tertiary/aromatic N) is 2. The van der Waals surface area contributed by atoms with Crippen LogP contribution in [0.3, 0.4) is 0 Å². The second kappa shape index (κ2) is 5.03. The van der Waals surface area contributed by atoms with Crippen LogP contribution in [0.2, 0.25) is 0 Å². The van der Waals surface area contributed by atoms with Crippen molar-refractivity contribution in [1.82, 2.24) is 4.98 Å². The fourth-order valence-corrected chi connectivity index (χ4v) is 2.88. The summed E-state index contributed by atoms with van der Waals surface area (Å²) in [5.41, 5.74) is 0. The van der Waals surface area contributed by atoms with Gasteiger partial charge < -0.3 is 4.90 Å². The zero-order valence-electron chi connectivity index (χ0n) is 8.28. The van der Waals surface area contributed by atoms with Crippen molar-refractivity contribution in [2.24, 2.45) is 0 Å². The lowest BCUT2D eigenvalue weighted by atomic mass is 10.2. The van der Waals surface area contributed by atoms with Crippen molar-refractivity contribution in [2.45, 2.75) is 31.4 Å². The fourth-order valence-electron chi connectivity index (χ4n) is 1.78. The molecule has 2 rings (SSSR count). The molecule has 1 aliphatic heterocycles. The zero-order chi connectivity index (χ0) is 9.80. The van der Waals surface area contributed by atoms with Gasteiger partial charge in [-0.15, -0.1) is 11.3 Å². The van der Waals surface area contributed by atoms with Crippen LogP contribution in [-0.2, 0) is 5.75 Å². The summed E-state index contributed by atoms with van der Waals surface area (Å²) in [6.45, 7) is 2.36. The minimum atomic E-state index is 0.811. The average Bonchev–Trinajstić information content (AvgIpc) is 2.53. The highest BCUT2D eigenvalue weighted by molar-refractivity contribution is 7.79. The molecule has 0 atom stereocenters. The molecule has 1 aromatic heterocycles. The maximum atomic E-state index is 4.45. The van der Waals surface area contributed by atoms with Gasteiger partial charge in [0.15, 0.2) is 5.13 Å². The normalized spacial score (nSPS) is 18.2. The van der Waals surface area contributed by atoms with Crippen molar-refractivity contribution < 1.29 is 0 Å². The summed E-state index contributed by atoms with van der Waals surface area (Å²) in [7, 11) is 0. The van der Waals surface area contributed by atoms with E-state index in [4.69, 9.17) is 0 Å². The van der Waals surface area contributed by atoms with E-state index < -0.39 is 0 Å². The minimum Gasteiger partial charge on any atom is -0.348 e. The Morgan fingerprint density at radius 1 is 1.29 bits per heavy atom. The summed E-state index contributed by atoms with van der Waals surface area (Å²) in [6, 6.07) is 0. The van der Waals surface area contributed by atoms with Gasteiger partial charge in [-0.1, -0.05) is 12.8 Å². The molecular formula is C10H16N2S2. The third-order valence-corrected chi connectivity index (χ3v) is 4.19. The van der Waals surface area contributed by atoms with E-state index in [0.717, 1.165) is 5.75 Å². The van der Waals surface area contributed by atoms with Gasteiger partial charge in [0, 0.05) is 29.9 Å². The first-order valence-electron chi connectivity index (χ1n) is 5.20. The third-order valence-electron chi connectivity index (χ3n) is 2.57. The summed E-state index contributed by atoms with van der Waals surface area (Å²) in [4.78, 5) is 8.14. The van der Waals surface area contributed by atoms with Gasteiger partial charge in [0.25, 0.3) is 0 Å². The first kappa shape index (κ1) is 10.3. The second-order valence-corrected chi connectivity index (χ2v) is 5.08. The number of thiol groups is 1. The fraction of sp³-hybridized carbons (Fsp3) is 0.700. The van der Waals surface area contributed by atoms with Crippen LogP contribution < -0.4 is 4.90 Å². The number of hydrogen-bond acceptors (Lipinski definition) is 4. The van der Waals surface area contributed by atoms with Crippen molar-refractivity contribution in [3.8, 4) is 0 Å². The zero-order valence-corrected chi connectivity index (χ0v) is 9.99. The van der Waals surface area contributed by atoms with Crippen LogP contribution in [0.15, 0.2) is 6.20 Å². The van der Waals surface area contributed by atoms with E-state index in [2.05, 4.69) is 22.5 Å². The topological polar surface area (TPSA) is 16.1 Å². The highest BCUT2D eigenvalue weighted by Crippen LogP contribution is 2.25. The summed E-state index contributed by atoms with van der Waals surface area (Å²) >= 11 is 6.05. The Kier molecular flexibility index (Phi) is 3.70. The predicted octanol–water partition coefficient (Wildman–Crippen LogP) is 2.95. The van der Waals surface area contributed by atoms with Crippen molar-refractivity contribution in [3.05, 3.63) is 11.1 Å². The van der Waals surface area contributed by atoms with Gasteiger partial charge in [-0.05, 0) is 12.8 Å². The molecule has 0 unspecified atom stereocenters. The molecule has 14 heavy (non-hydrogen) atoms. The standard InChI is InChI=1S/C10H16N2S2/c13-8-9-7-11-10(14-9)12-5-3-1-2-4-6-12/h7,13H,1-6,8H2. The lowest BCUT2D eigenvalue weighted by molar-refractivity contribution is 0.726. The number of hydrogen-bond donors (Lipinski definition) is 1. The Bertz CT molecular complexity index is 277. The lowest BCUT2D eigenvalue weighted by Gasteiger charge is -2.18. The number of aromatic nitrogens is 1. The summed E-state index contributed by atoms with van der Waals surface area (Å²) in [5, 5.41) is 1.19. The molecule has 4 heteroatoms. The molecule has 1 saturated heterocycles. The van der Waals surface area contributed by atoms with Gasteiger partial charge in [0.2, 0.25) is 0 Å². The molecule has 0 amide bonds. The van der Waals surface area contributed by atoms with E-state index >= 15 is 0 Å². The van der Waals surface area contributed by atoms with Crippen LogP contribution in [0.4, 0.5) is 5.13 Å². The Morgan fingerprint density at radius 2 is 2.00 bits per heavy atom. The van der Waals surface area contributed by atoms with Gasteiger partial charge in [0.05, 0.1) is 0 Å². The monoisotopic (exact) mass is 228 g/mol. The first-order chi connectivity index (χ1) is 6.90. The van der Waals surface area contributed by atoms with Crippen molar-refractivity contribution >= 4 is 29.1 Å². The van der Waals surface area contributed by atoms with Gasteiger partial charge in [-0.25, -0.2) is 4.98 Å². The maximum absolute atomic E-state index is 4.45. The predicted molar refractivity (Wildman–Crippen MR) is 65.5 cm³/mol. The van der Waals surface area contributed by atoms with Crippen LogP contribution in [0.1, 0.15) is 30.6 Å². The molecule has 1 fully saturated rings. The molecule has 78 valence electrons. The largest absolute Gasteiger partial charge is 0.348 e. The van der Waals surface area contributed by atoms with Crippen molar-refractivity contribution in [2.75, 3.05) is 18.0 Å². The Hall–Kier alpha value is -0.220. The molecular weight excluding hydrogens is 212 g/mol. The average molecular weight is 228 g/mol. The van der Waals surface area contributed by atoms with E-state index in [0.29, 0.717) is 0 Å². The van der Waals surface area contributed by atoms with Crippen molar-refractivity contribution in [3.63, 3.8) is 0 Å². The Morgan fingerprint density at radius 3 is 2.57 bits per heavy atom. The molecule has 0 spiro atoms. The number of rotatable bonds is 2. The SMILES string of the molecule is SCc1cnc(N2CCCCCC2)s1. The van der Waals surface area contributed by atoms with Crippen LogP contribution in [0.5, 0.6) is 0 Å². The molecule has 2 nitrogen and oxygen atoms in total. The van der Waals surface area contributed by atoms with Gasteiger partial charge in [-0.3, -0.25) is 0 Å². The highest BCUT2D eigenvalue weighted by atomic mass is 32.1. The van der Waals surface area contributed by atoms with E-state index in [-0.39, 0.29) is 0 Å². The van der Waals surface area contributed by atoms with Crippen molar-refractivity contribution in [1.29, 1.82) is 0 Å². The molecule has 0 N–H and O–H groups in total. The van der Waals surface area contributed by atoms with E-state index in [9.17, 15) is 0 Å². The molecule has 0 radical (unpaired) electrons. The summed E-state index contributed by atoms with van der Waals surface area (Å²) < 4.78 is 0. The molecule has 1 aromatic rings. The van der Waals surface area contributed by atoms with E-state index in [1.807, 2.05) is 6.20 Å². The van der Waals surface area contributed by atoms with Crippen LogP contribution in [0, 0.1) is 0 Å². The molecule has 2 heterocycles. The molecule has 1 aliphatic rings. The third kappa shape index (κ3) is 2.42. The van der Waals surface area contributed by atoms with Gasteiger partial charge in [0.1, 0.15) is 0 Å². The molecule has 0 bridgehead atoms. The van der Waals surface area contributed by atoms with E-state index in [1.165, 1.54) is 48.8 Å². The number of thiazole rings is 1. The van der Waals surface area contributed by atoms with Gasteiger partial charge >= 0.3 is 0 Å². The summed E-state index contributed by atoms with van der Waals surface area (Å²) in [6.07, 6.45) is 7.34. The molecule has 0 aromatic carbocycles. The minimum absolute atomic E-state index is 0.811. The first-order valence-corrected chi connectivity index (χ1v) is 6.65.